The second-order valence-electron chi connectivity index (χ2n) is 3.45. The van der Waals surface area contributed by atoms with E-state index < -0.39 is 17.9 Å². The summed E-state index contributed by atoms with van der Waals surface area (Å²) in [5.74, 6) is -0.702. The molecular formula is C12H15FO4. The van der Waals surface area contributed by atoms with Crippen LogP contribution in [0.25, 0.3) is 0 Å². The van der Waals surface area contributed by atoms with Crippen LogP contribution in [-0.4, -0.2) is 24.3 Å². The van der Waals surface area contributed by atoms with Crippen LogP contribution in [0.3, 0.4) is 0 Å². The fourth-order valence-corrected chi connectivity index (χ4v) is 1.32. The van der Waals surface area contributed by atoms with Gasteiger partial charge in [-0.25, -0.2) is 9.18 Å². The number of hydrogen-bond donors (Lipinski definition) is 1. The van der Waals surface area contributed by atoms with Crippen molar-refractivity contribution in [3.8, 4) is 5.75 Å². The van der Waals surface area contributed by atoms with Gasteiger partial charge in [-0.15, -0.1) is 0 Å². The van der Waals surface area contributed by atoms with Gasteiger partial charge in [-0.2, -0.15) is 0 Å². The van der Waals surface area contributed by atoms with Crippen molar-refractivity contribution >= 4 is 5.97 Å². The Balaban J connectivity index is 2.73. The van der Waals surface area contributed by atoms with E-state index in [-0.39, 0.29) is 19.0 Å². The fourth-order valence-electron chi connectivity index (χ4n) is 1.32. The lowest BCUT2D eigenvalue weighted by Gasteiger charge is -2.12. The Bertz CT molecular complexity index is 390. The number of halogens is 1. The fraction of sp³-hybridized carbons (Fsp3) is 0.417. The van der Waals surface area contributed by atoms with Gasteiger partial charge in [0.25, 0.3) is 0 Å². The molecule has 0 spiro atoms. The third-order valence-electron chi connectivity index (χ3n) is 2.07. The molecule has 0 heterocycles. The summed E-state index contributed by atoms with van der Waals surface area (Å²) in [6.45, 7) is 3.19. The van der Waals surface area contributed by atoms with E-state index in [2.05, 4.69) is 4.74 Å². The SMILES string of the molecule is CCOC(=O)COc1ccc(F)cc1[C@@H](C)O. The van der Waals surface area contributed by atoms with E-state index in [1.165, 1.54) is 25.1 Å². The van der Waals surface area contributed by atoms with Crippen LogP contribution in [-0.2, 0) is 9.53 Å². The smallest absolute Gasteiger partial charge is 0.344 e. The second-order valence-corrected chi connectivity index (χ2v) is 3.45. The maximum atomic E-state index is 13.0. The molecule has 1 rings (SSSR count). The highest BCUT2D eigenvalue weighted by Crippen LogP contribution is 2.25. The van der Waals surface area contributed by atoms with Crippen molar-refractivity contribution in [3.05, 3.63) is 29.6 Å². The summed E-state index contributed by atoms with van der Waals surface area (Å²) in [7, 11) is 0. The zero-order chi connectivity index (χ0) is 12.8. The van der Waals surface area contributed by atoms with Crippen LogP contribution >= 0.6 is 0 Å². The van der Waals surface area contributed by atoms with Gasteiger partial charge in [-0.05, 0) is 32.0 Å². The number of carbonyl (C=O) groups is 1. The molecule has 0 aliphatic rings. The van der Waals surface area contributed by atoms with E-state index in [0.29, 0.717) is 5.56 Å². The van der Waals surface area contributed by atoms with Crippen LogP contribution in [0, 0.1) is 5.82 Å². The highest BCUT2D eigenvalue weighted by atomic mass is 19.1. The molecule has 0 aliphatic heterocycles. The summed E-state index contributed by atoms with van der Waals surface area (Å²) in [5, 5.41) is 9.43. The molecule has 1 N–H and O–H groups in total. The Morgan fingerprint density at radius 1 is 1.53 bits per heavy atom. The van der Waals surface area contributed by atoms with Crippen molar-refractivity contribution in [2.75, 3.05) is 13.2 Å². The zero-order valence-electron chi connectivity index (χ0n) is 9.77. The lowest BCUT2D eigenvalue weighted by atomic mass is 10.1. The number of benzene rings is 1. The molecule has 0 bridgehead atoms. The Morgan fingerprint density at radius 3 is 2.82 bits per heavy atom. The minimum absolute atomic E-state index is 0.265. The third-order valence-corrected chi connectivity index (χ3v) is 2.07. The van der Waals surface area contributed by atoms with E-state index in [1.807, 2.05) is 0 Å². The average Bonchev–Trinajstić information content (AvgIpc) is 2.27. The maximum absolute atomic E-state index is 13.0. The van der Waals surface area contributed by atoms with Gasteiger partial charge in [0.2, 0.25) is 0 Å². The Kier molecular flexibility index (Phi) is 4.90. The summed E-state index contributed by atoms with van der Waals surface area (Å²) >= 11 is 0. The first-order chi connectivity index (χ1) is 8.04. The van der Waals surface area contributed by atoms with Gasteiger partial charge in [-0.1, -0.05) is 0 Å². The molecule has 0 unspecified atom stereocenters. The van der Waals surface area contributed by atoms with Crippen LogP contribution < -0.4 is 4.74 Å². The van der Waals surface area contributed by atoms with E-state index in [1.54, 1.807) is 6.92 Å². The standard InChI is InChI=1S/C12H15FO4/c1-3-16-12(15)7-17-11-5-4-9(13)6-10(11)8(2)14/h4-6,8,14H,3,7H2,1-2H3/t8-/m1/s1. The normalized spacial score (nSPS) is 12.0. The molecule has 0 aromatic heterocycles. The van der Waals surface area contributed by atoms with E-state index in [0.717, 1.165) is 0 Å². The molecule has 0 radical (unpaired) electrons. The maximum Gasteiger partial charge on any atom is 0.344 e. The first-order valence-electron chi connectivity index (χ1n) is 5.30. The summed E-state index contributed by atoms with van der Waals surface area (Å²) in [5.41, 5.74) is 0.300. The van der Waals surface area contributed by atoms with Crippen molar-refractivity contribution in [2.45, 2.75) is 20.0 Å². The molecule has 5 heteroatoms. The van der Waals surface area contributed by atoms with Crippen LogP contribution in [0.2, 0.25) is 0 Å². The predicted octanol–water partition coefficient (Wildman–Crippen LogP) is 1.82. The molecular weight excluding hydrogens is 227 g/mol. The molecule has 0 saturated heterocycles. The topological polar surface area (TPSA) is 55.8 Å². The van der Waals surface area contributed by atoms with Gasteiger partial charge in [0, 0.05) is 5.56 Å². The van der Waals surface area contributed by atoms with Gasteiger partial charge in [0.1, 0.15) is 11.6 Å². The minimum atomic E-state index is -0.872. The van der Waals surface area contributed by atoms with Crippen LogP contribution in [0.15, 0.2) is 18.2 Å². The molecule has 1 aromatic rings. The van der Waals surface area contributed by atoms with Crippen LogP contribution in [0.4, 0.5) is 4.39 Å². The van der Waals surface area contributed by atoms with Crippen LogP contribution in [0.1, 0.15) is 25.5 Å². The van der Waals surface area contributed by atoms with Gasteiger partial charge in [0.15, 0.2) is 6.61 Å². The monoisotopic (exact) mass is 242 g/mol. The number of carbonyl (C=O) groups excluding carboxylic acids is 1. The molecule has 0 amide bonds. The second kappa shape index (κ2) is 6.20. The first-order valence-corrected chi connectivity index (χ1v) is 5.30. The molecule has 0 aliphatic carbocycles. The number of ether oxygens (including phenoxy) is 2. The number of aliphatic hydroxyl groups excluding tert-OH is 1. The molecule has 1 aromatic carbocycles. The number of aliphatic hydroxyl groups is 1. The predicted molar refractivity (Wildman–Crippen MR) is 59.2 cm³/mol. The van der Waals surface area contributed by atoms with Gasteiger partial charge in [0.05, 0.1) is 12.7 Å². The Labute approximate surface area is 99.0 Å². The molecule has 94 valence electrons. The van der Waals surface area contributed by atoms with E-state index in [9.17, 15) is 14.3 Å². The molecule has 4 nitrogen and oxygen atoms in total. The van der Waals surface area contributed by atoms with Gasteiger partial charge < -0.3 is 14.6 Å². The van der Waals surface area contributed by atoms with Crippen molar-refractivity contribution < 1.29 is 23.8 Å². The molecule has 17 heavy (non-hydrogen) atoms. The van der Waals surface area contributed by atoms with Crippen molar-refractivity contribution in [3.63, 3.8) is 0 Å². The average molecular weight is 242 g/mol. The Morgan fingerprint density at radius 2 is 2.24 bits per heavy atom. The largest absolute Gasteiger partial charge is 0.482 e. The van der Waals surface area contributed by atoms with E-state index in [4.69, 9.17) is 4.74 Å². The highest BCUT2D eigenvalue weighted by molar-refractivity contribution is 5.71. The number of hydrogen-bond acceptors (Lipinski definition) is 4. The van der Waals surface area contributed by atoms with Crippen molar-refractivity contribution in [2.24, 2.45) is 0 Å². The summed E-state index contributed by atoms with van der Waals surface area (Å²) in [6.07, 6.45) is -0.872. The van der Waals surface area contributed by atoms with Crippen LogP contribution in [0.5, 0.6) is 5.75 Å². The summed E-state index contributed by atoms with van der Waals surface area (Å²) in [6, 6.07) is 3.74. The van der Waals surface area contributed by atoms with Gasteiger partial charge >= 0.3 is 5.97 Å². The first kappa shape index (κ1) is 13.4. The number of esters is 1. The summed E-state index contributed by atoms with van der Waals surface area (Å²) in [4.78, 5) is 11.1. The lowest BCUT2D eigenvalue weighted by molar-refractivity contribution is -0.145. The highest BCUT2D eigenvalue weighted by Gasteiger charge is 2.12. The lowest BCUT2D eigenvalue weighted by Crippen LogP contribution is -2.15. The minimum Gasteiger partial charge on any atom is -0.482 e. The van der Waals surface area contributed by atoms with Gasteiger partial charge in [-0.3, -0.25) is 0 Å². The molecule has 0 saturated carbocycles. The third kappa shape index (κ3) is 4.03. The summed E-state index contributed by atoms with van der Waals surface area (Å²) < 4.78 is 22.8. The van der Waals surface area contributed by atoms with Crippen molar-refractivity contribution in [1.82, 2.24) is 0 Å². The molecule has 1 atom stereocenters. The zero-order valence-corrected chi connectivity index (χ0v) is 9.77. The number of rotatable bonds is 5. The quantitative estimate of drug-likeness (QED) is 0.800. The van der Waals surface area contributed by atoms with E-state index >= 15 is 0 Å². The molecule has 0 fully saturated rings. The Hall–Kier alpha value is -1.62. The van der Waals surface area contributed by atoms with Crippen molar-refractivity contribution in [1.29, 1.82) is 0 Å².